The maximum atomic E-state index is 9.16. The second kappa shape index (κ2) is 6.49. The van der Waals surface area contributed by atoms with Crippen LogP contribution in [0.2, 0.25) is 0 Å². The molecule has 0 aromatic rings. The Balaban J connectivity index is 2.14. The summed E-state index contributed by atoms with van der Waals surface area (Å²) in [4.78, 5) is 0. The first-order valence-corrected chi connectivity index (χ1v) is 6.52. The Hall–Kier alpha value is -0.0800. The Bertz CT molecular complexity index is 170. The van der Waals surface area contributed by atoms with Gasteiger partial charge in [-0.05, 0) is 44.6 Å². The molecule has 0 spiro atoms. The first kappa shape index (κ1) is 13.0. The van der Waals surface area contributed by atoms with E-state index in [1.165, 1.54) is 19.3 Å². The van der Waals surface area contributed by atoms with Crippen molar-refractivity contribution in [2.45, 2.75) is 65.0 Å². The average Bonchev–Trinajstić information content (AvgIpc) is 2.18. The van der Waals surface area contributed by atoms with Crippen molar-refractivity contribution >= 4 is 0 Å². The van der Waals surface area contributed by atoms with Crippen LogP contribution in [-0.4, -0.2) is 23.8 Å². The molecule has 0 aromatic carbocycles. The molecule has 2 heteroatoms. The van der Waals surface area contributed by atoms with Gasteiger partial charge in [0.2, 0.25) is 0 Å². The molecule has 2 N–H and O–H groups in total. The van der Waals surface area contributed by atoms with E-state index in [2.05, 4.69) is 19.2 Å². The number of hydrogen-bond acceptors (Lipinski definition) is 2. The maximum absolute atomic E-state index is 9.16. The largest absolute Gasteiger partial charge is 0.393 e. The van der Waals surface area contributed by atoms with Gasteiger partial charge in [-0.15, -0.1) is 0 Å². The lowest BCUT2D eigenvalue weighted by Gasteiger charge is -2.34. The second-order valence-electron chi connectivity index (χ2n) is 5.32. The van der Waals surface area contributed by atoms with Crippen molar-refractivity contribution in [3.63, 3.8) is 0 Å². The summed E-state index contributed by atoms with van der Waals surface area (Å²) in [6.07, 6.45) is 5.97. The second-order valence-corrected chi connectivity index (χ2v) is 5.32. The molecule has 1 fully saturated rings. The van der Waals surface area contributed by atoms with Gasteiger partial charge in [0.15, 0.2) is 0 Å². The minimum Gasteiger partial charge on any atom is -0.393 e. The first-order valence-electron chi connectivity index (χ1n) is 6.52. The topological polar surface area (TPSA) is 32.3 Å². The number of nitrogens with one attached hydrogen (secondary N) is 1. The van der Waals surface area contributed by atoms with Crippen LogP contribution in [-0.2, 0) is 0 Å². The van der Waals surface area contributed by atoms with Crippen molar-refractivity contribution in [2.24, 2.45) is 11.8 Å². The Kier molecular flexibility index (Phi) is 5.62. The highest BCUT2D eigenvalue weighted by atomic mass is 16.3. The van der Waals surface area contributed by atoms with Gasteiger partial charge >= 0.3 is 0 Å². The van der Waals surface area contributed by atoms with Crippen molar-refractivity contribution in [2.75, 3.05) is 6.54 Å². The molecule has 1 aliphatic carbocycles. The fourth-order valence-corrected chi connectivity index (χ4v) is 2.55. The van der Waals surface area contributed by atoms with Crippen molar-refractivity contribution < 1.29 is 5.11 Å². The lowest BCUT2D eigenvalue weighted by molar-refractivity contribution is 0.175. The molecule has 1 saturated carbocycles. The van der Waals surface area contributed by atoms with Gasteiger partial charge < -0.3 is 10.4 Å². The van der Waals surface area contributed by atoms with Crippen LogP contribution in [0.3, 0.4) is 0 Å². The van der Waals surface area contributed by atoms with Crippen molar-refractivity contribution in [3.8, 4) is 0 Å². The molecule has 90 valence electrons. The monoisotopic (exact) mass is 213 g/mol. The Morgan fingerprint density at radius 1 is 1.33 bits per heavy atom. The summed E-state index contributed by atoms with van der Waals surface area (Å²) in [5.41, 5.74) is 0. The van der Waals surface area contributed by atoms with Gasteiger partial charge in [-0.25, -0.2) is 0 Å². The molecule has 0 heterocycles. The summed E-state index contributed by atoms with van der Waals surface area (Å²) in [6.45, 7) is 7.67. The van der Waals surface area contributed by atoms with Crippen LogP contribution in [0.4, 0.5) is 0 Å². The third kappa shape index (κ3) is 4.52. The third-order valence-electron chi connectivity index (χ3n) is 3.91. The van der Waals surface area contributed by atoms with Gasteiger partial charge in [0.25, 0.3) is 0 Å². The fourth-order valence-electron chi connectivity index (χ4n) is 2.55. The van der Waals surface area contributed by atoms with Crippen LogP contribution in [0.25, 0.3) is 0 Å². The summed E-state index contributed by atoms with van der Waals surface area (Å²) >= 11 is 0. The number of rotatable bonds is 5. The molecule has 4 atom stereocenters. The Morgan fingerprint density at radius 3 is 2.73 bits per heavy atom. The Labute approximate surface area is 94.5 Å². The predicted molar refractivity (Wildman–Crippen MR) is 64.9 cm³/mol. The molecule has 0 aliphatic heterocycles. The zero-order valence-corrected chi connectivity index (χ0v) is 10.5. The van der Waals surface area contributed by atoms with Gasteiger partial charge in [-0.1, -0.05) is 26.7 Å². The van der Waals surface area contributed by atoms with E-state index in [1.807, 2.05) is 6.92 Å². The van der Waals surface area contributed by atoms with E-state index in [0.717, 1.165) is 31.2 Å². The molecule has 15 heavy (non-hydrogen) atoms. The minimum atomic E-state index is -0.144. The van der Waals surface area contributed by atoms with Crippen LogP contribution in [0, 0.1) is 11.8 Å². The van der Waals surface area contributed by atoms with Crippen molar-refractivity contribution in [1.29, 1.82) is 0 Å². The molecule has 0 radical (unpaired) electrons. The molecular weight excluding hydrogens is 186 g/mol. The molecule has 0 bridgehead atoms. The van der Waals surface area contributed by atoms with Crippen LogP contribution in [0.5, 0.6) is 0 Å². The average molecular weight is 213 g/mol. The summed E-state index contributed by atoms with van der Waals surface area (Å²) in [6, 6.07) is 0.711. The van der Waals surface area contributed by atoms with E-state index in [1.54, 1.807) is 0 Å². The number of aliphatic hydroxyl groups is 1. The zero-order valence-electron chi connectivity index (χ0n) is 10.5. The third-order valence-corrected chi connectivity index (χ3v) is 3.91. The quantitative estimate of drug-likeness (QED) is 0.688. The molecule has 1 aliphatic rings. The summed E-state index contributed by atoms with van der Waals surface area (Å²) in [5.74, 6) is 1.68. The highest BCUT2D eigenvalue weighted by molar-refractivity contribution is 4.82. The van der Waals surface area contributed by atoms with E-state index in [4.69, 9.17) is 5.11 Å². The SMILES string of the molecule is CC(O)CCCNC1CCCC(C)C1C. The van der Waals surface area contributed by atoms with Crippen LogP contribution in [0.15, 0.2) is 0 Å². The predicted octanol–water partition coefficient (Wildman–Crippen LogP) is 2.56. The normalized spacial score (nSPS) is 34.0. The van der Waals surface area contributed by atoms with Gasteiger partial charge in [0.1, 0.15) is 0 Å². The lowest BCUT2D eigenvalue weighted by atomic mass is 9.78. The zero-order chi connectivity index (χ0) is 11.3. The molecule has 0 aromatic heterocycles. The standard InChI is InChI=1S/C13H27NO/c1-10-6-4-8-13(12(10)3)14-9-5-7-11(2)15/h10-15H,4-9H2,1-3H3. The summed E-state index contributed by atoms with van der Waals surface area (Å²) in [7, 11) is 0. The minimum absolute atomic E-state index is 0.144. The van der Waals surface area contributed by atoms with Gasteiger partial charge in [0.05, 0.1) is 6.10 Å². The molecule has 0 amide bonds. The molecule has 4 unspecified atom stereocenters. The van der Waals surface area contributed by atoms with E-state index in [0.29, 0.717) is 6.04 Å². The van der Waals surface area contributed by atoms with Crippen molar-refractivity contribution in [1.82, 2.24) is 5.32 Å². The molecule has 2 nitrogen and oxygen atoms in total. The fraction of sp³-hybridized carbons (Fsp3) is 1.00. The van der Waals surface area contributed by atoms with Crippen LogP contribution < -0.4 is 5.32 Å². The van der Waals surface area contributed by atoms with E-state index >= 15 is 0 Å². The van der Waals surface area contributed by atoms with E-state index < -0.39 is 0 Å². The van der Waals surface area contributed by atoms with Crippen LogP contribution >= 0.6 is 0 Å². The van der Waals surface area contributed by atoms with Gasteiger partial charge in [-0.2, -0.15) is 0 Å². The maximum Gasteiger partial charge on any atom is 0.0512 e. The van der Waals surface area contributed by atoms with E-state index in [9.17, 15) is 0 Å². The highest BCUT2D eigenvalue weighted by Gasteiger charge is 2.26. The van der Waals surface area contributed by atoms with E-state index in [-0.39, 0.29) is 6.10 Å². The van der Waals surface area contributed by atoms with Gasteiger partial charge in [-0.3, -0.25) is 0 Å². The van der Waals surface area contributed by atoms with Gasteiger partial charge in [0, 0.05) is 6.04 Å². The molecule has 1 rings (SSSR count). The first-order chi connectivity index (χ1) is 7.11. The number of hydrogen-bond donors (Lipinski definition) is 2. The van der Waals surface area contributed by atoms with Crippen LogP contribution in [0.1, 0.15) is 52.9 Å². The number of aliphatic hydroxyl groups excluding tert-OH is 1. The molecule has 0 saturated heterocycles. The summed E-state index contributed by atoms with van der Waals surface area (Å²) in [5, 5.41) is 12.8. The van der Waals surface area contributed by atoms with Crippen molar-refractivity contribution in [3.05, 3.63) is 0 Å². The summed E-state index contributed by atoms with van der Waals surface area (Å²) < 4.78 is 0. The lowest BCUT2D eigenvalue weighted by Crippen LogP contribution is -2.41. The molecular formula is C13H27NO. The smallest absolute Gasteiger partial charge is 0.0512 e. The highest BCUT2D eigenvalue weighted by Crippen LogP contribution is 2.29. The Morgan fingerprint density at radius 2 is 2.07 bits per heavy atom.